The molecule has 0 unspecified atom stereocenters. The first-order valence-electron chi connectivity index (χ1n) is 6.73. The molecule has 0 aliphatic rings. The average molecular weight is 324 g/mol. The minimum absolute atomic E-state index is 0.152. The third-order valence-corrected chi connectivity index (χ3v) is 5.51. The van der Waals surface area contributed by atoms with Crippen LogP contribution in [0, 0.1) is 0 Å². The molecule has 2 N–H and O–H groups in total. The van der Waals surface area contributed by atoms with E-state index in [-0.39, 0.29) is 10.9 Å². The van der Waals surface area contributed by atoms with Gasteiger partial charge in [-0.15, -0.1) is 11.3 Å². The number of nitrogens with zero attached hydrogens (tertiary/aromatic N) is 1. The maximum Gasteiger partial charge on any atom is 0.238 e. The second kappa shape index (κ2) is 6.70. The smallest absolute Gasteiger partial charge is 0.238 e. The summed E-state index contributed by atoms with van der Waals surface area (Å²) in [5.41, 5.74) is 1.08. The Morgan fingerprint density at radius 1 is 1.24 bits per heavy atom. The summed E-state index contributed by atoms with van der Waals surface area (Å²) >= 11 is 1.77. The molecule has 0 radical (unpaired) electrons. The van der Waals surface area contributed by atoms with Gasteiger partial charge in [0.15, 0.2) is 0 Å². The van der Waals surface area contributed by atoms with Gasteiger partial charge in [0.2, 0.25) is 10.0 Å². The SMILES string of the molecule is C[C@H](c1ccc(S(N)(=O)=O)cc1)N(C)CCc1cccs1. The number of thiophene rings is 1. The molecule has 1 aromatic carbocycles. The second-order valence-electron chi connectivity index (χ2n) is 5.10. The fourth-order valence-electron chi connectivity index (χ4n) is 2.13. The summed E-state index contributed by atoms with van der Waals surface area (Å²) in [6.45, 7) is 3.07. The van der Waals surface area contributed by atoms with Gasteiger partial charge in [-0.3, -0.25) is 4.90 Å². The molecule has 114 valence electrons. The molecule has 0 bridgehead atoms. The summed E-state index contributed by atoms with van der Waals surface area (Å²) in [5.74, 6) is 0. The molecule has 1 atom stereocenters. The van der Waals surface area contributed by atoms with Gasteiger partial charge >= 0.3 is 0 Å². The Kier molecular flexibility index (Phi) is 5.16. The van der Waals surface area contributed by atoms with Crippen LogP contribution in [0.3, 0.4) is 0 Å². The molecule has 2 aromatic rings. The van der Waals surface area contributed by atoms with Crippen molar-refractivity contribution in [3.8, 4) is 0 Å². The Morgan fingerprint density at radius 2 is 1.90 bits per heavy atom. The van der Waals surface area contributed by atoms with Crippen molar-refractivity contribution in [3.05, 3.63) is 52.2 Å². The van der Waals surface area contributed by atoms with Crippen molar-refractivity contribution in [1.29, 1.82) is 0 Å². The molecule has 4 nitrogen and oxygen atoms in total. The molecule has 1 heterocycles. The standard InChI is InChI=1S/C15H20N2O2S2/c1-12(17(2)10-9-14-4-3-11-20-14)13-5-7-15(8-6-13)21(16,18)19/h3-8,11-12H,9-10H2,1-2H3,(H2,16,18,19)/t12-/m1/s1. The van der Waals surface area contributed by atoms with Crippen molar-refractivity contribution >= 4 is 21.4 Å². The van der Waals surface area contributed by atoms with Crippen molar-refractivity contribution in [2.75, 3.05) is 13.6 Å². The van der Waals surface area contributed by atoms with Gasteiger partial charge in [-0.25, -0.2) is 13.6 Å². The number of likely N-dealkylation sites (N-methyl/N-ethyl adjacent to an activating group) is 1. The summed E-state index contributed by atoms with van der Waals surface area (Å²) in [4.78, 5) is 3.78. The molecule has 0 saturated carbocycles. The van der Waals surface area contributed by atoms with Crippen molar-refractivity contribution in [2.24, 2.45) is 5.14 Å². The summed E-state index contributed by atoms with van der Waals surface area (Å²) in [6.07, 6.45) is 1.02. The van der Waals surface area contributed by atoms with Crippen molar-refractivity contribution < 1.29 is 8.42 Å². The van der Waals surface area contributed by atoms with Crippen molar-refractivity contribution in [2.45, 2.75) is 24.3 Å². The van der Waals surface area contributed by atoms with Gasteiger partial charge in [-0.05, 0) is 49.5 Å². The third-order valence-electron chi connectivity index (χ3n) is 3.64. The van der Waals surface area contributed by atoms with E-state index >= 15 is 0 Å². The zero-order valence-corrected chi connectivity index (χ0v) is 13.8. The molecule has 0 spiro atoms. The third kappa shape index (κ3) is 4.38. The minimum Gasteiger partial charge on any atom is -0.299 e. The molecule has 6 heteroatoms. The monoisotopic (exact) mass is 324 g/mol. The number of primary sulfonamides is 1. The predicted octanol–water partition coefficient (Wildman–Crippen LogP) is 2.63. The number of nitrogens with two attached hydrogens (primary N) is 1. The predicted molar refractivity (Wildman–Crippen MR) is 86.9 cm³/mol. The number of sulfonamides is 1. The van der Waals surface area contributed by atoms with Crippen LogP contribution in [0.15, 0.2) is 46.7 Å². The van der Waals surface area contributed by atoms with E-state index < -0.39 is 10.0 Å². The van der Waals surface area contributed by atoms with Crippen LogP contribution in [0.1, 0.15) is 23.4 Å². The van der Waals surface area contributed by atoms with Crippen LogP contribution in [-0.4, -0.2) is 26.9 Å². The van der Waals surface area contributed by atoms with E-state index in [1.54, 1.807) is 23.5 Å². The van der Waals surface area contributed by atoms with E-state index in [9.17, 15) is 8.42 Å². The van der Waals surface area contributed by atoms with E-state index in [0.29, 0.717) is 0 Å². The van der Waals surface area contributed by atoms with Gasteiger partial charge in [-0.1, -0.05) is 18.2 Å². The van der Waals surface area contributed by atoms with E-state index in [1.807, 2.05) is 12.1 Å². The first kappa shape index (κ1) is 16.2. The summed E-state index contributed by atoms with van der Waals surface area (Å²) < 4.78 is 22.5. The molecule has 0 aliphatic heterocycles. The molecule has 0 saturated heterocycles. The zero-order valence-electron chi connectivity index (χ0n) is 12.2. The van der Waals surface area contributed by atoms with Gasteiger partial charge < -0.3 is 0 Å². The summed E-state index contributed by atoms with van der Waals surface area (Å²) in [6, 6.07) is 11.2. The highest BCUT2D eigenvalue weighted by atomic mass is 32.2. The van der Waals surface area contributed by atoms with E-state index in [1.165, 1.54) is 4.88 Å². The van der Waals surface area contributed by atoms with Crippen LogP contribution in [0.4, 0.5) is 0 Å². The molecule has 1 aromatic heterocycles. The molecular formula is C15H20N2O2S2. The minimum atomic E-state index is -3.62. The van der Waals surface area contributed by atoms with Crippen LogP contribution < -0.4 is 5.14 Å². The maximum atomic E-state index is 11.3. The van der Waals surface area contributed by atoms with E-state index in [0.717, 1.165) is 18.5 Å². The first-order chi connectivity index (χ1) is 9.88. The normalized spacial score (nSPS) is 13.5. The van der Waals surface area contributed by atoms with Crippen LogP contribution in [0.25, 0.3) is 0 Å². The molecule has 2 rings (SSSR count). The lowest BCUT2D eigenvalue weighted by atomic mass is 10.1. The largest absolute Gasteiger partial charge is 0.299 e. The van der Waals surface area contributed by atoms with Crippen molar-refractivity contribution in [1.82, 2.24) is 4.90 Å². The molecule has 0 fully saturated rings. The van der Waals surface area contributed by atoms with Crippen LogP contribution >= 0.6 is 11.3 Å². The van der Waals surface area contributed by atoms with Gasteiger partial charge in [0.25, 0.3) is 0 Å². The quantitative estimate of drug-likeness (QED) is 0.888. The number of rotatable bonds is 6. The number of hydrogen-bond acceptors (Lipinski definition) is 4. The maximum absolute atomic E-state index is 11.3. The van der Waals surface area contributed by atoms with Crippen LogP contribution in [-0.2, 0) is 16.4 Å². The number of hydrogen-bond donors (Lipinski definition) is 1. The highest BCUT2D eigenvalue weighted by Crippen LogP contribution is 2.21. The Labute approximate surface area is 130 Å². The first-order valence-corrected chi connectivity index (χ1v) is 9.16. The fraction of sp³-hybridized carbons (Fsp3) is 0.333. The Hall–Kier alpha value is -1.21. The van der Waals surface area contributed by atoms with Gasteiger partial charge in [0.1, 0.15) is 0 Å². The highest BCUT2D eigenvalue weighted by molar-refractivity contribution is 7.89. The van der Waals surface area contributed by atoms with Crippen LogP contribution in [0.5, 0.6) is 0 Å². The summed E-state index contributed by atoms with van der Waals surface area (Å²) in [7, 11) is -1.54. The average Bonchev–Trinajstić information content (AvgIpc) is 2.96. The van der Waals surface area contributed by atoms with Gasteiger partial charge in [0.05, 0.1) is 4.90 Å². The molecule has 21 heavy (non-hydrogen) atoms. The summed E-state index contributed by atoms with van der Waals surface area (Å²) in [5, 5.41) is 7.20. The fourth-order valence-corrected chi connectivity index (χ4v) is 3.34. The van der Waals surface area contributed by atoms with Gasteiger partial charge in [-0.2, -0.15) is 0 Å². The lowest BCUT2D eigenvalue weighted by Crippen LogP contribution is -2.24. The zero-order chi connectivity index (χ0) is 15.5. The molecule has 0 amide bonds. The number of benzene rings is 1. The van der Waals surface area contributed by atoms with E-state index in [2.05, 4.69) is 36.4 Å². The van der Waals surface area contributed by atoms with Gasteiger partial charge in [0, 0.05) is 17.5 Å². The molecular weight excluding hydrogens is 304 g/mol. The molecule has 0 aliphatic carbocycles. The topological polar surface area (TPSA) is 63.4 Å². The highest BCUT2D eigenvalue weighted by Gasteiger charge is 2.13. The van der Waals surface area contributed by atoms with E-state index in [4.69, 9.17) is 5.14 Å². The Bertz CT molecular complexity index is 664. The lowest BCUT2D eigenvalue weighted by molar-refractivity contribution is 0.265. The lowest BCUT2D eigenvalue weighted by Gasteiger charge is -2.25. The van der Waals surface area contributed by atoms with Crippen LogP contribution in [0.2, 0.25) is 0 Å². The Morgan fingerprint density at radius 3 is 2.43 bits per heavy atom. The van der Waals surface area contributed by atoms with Crippen molar-refractivity contribution in [3.63, 3.8) is 0 Å². The second-order valence-corrected chi connectivity index (χ2v) is 7.69. The Balaban J connectivity index is 2.00.